The normalized spacial score (nSPS) is 15.3. The van der Waals surface area contributed by atoms with Gasteiger partial charge < -0.3 is 19.9 Å². The van der Waals surface area contributed by atoms with Gasteiger partial charge >= 0.3 is 0 Å². The van der Waals surface area contributed by atoms with Crippen molar-refractivity contribution in [3.63, 3.8) is 0 Å². The number of hydrogen-bond donors (Lipinski definition) is 2. The van der Waals surface area contributed by atoms with Gasteiger partial charge in [-0.2, -0.15) is 5.26 Å². The molecular weight excluding hydrogens is 368 g/mol. The quantitative estimate of drug-likeness (QED) is 0.690. The number of para-hydroxylation sites is 1. The Balaban J connectivity index is 1.92. The summed E-state index contributed by atoms with van der Waals surface area (Å²) in [6.45, 7) is 2.42. The van der Waals surface area contributed by atoms with Gasteiger partial charge in [0, 0.05) is 11.1 Å². The van der Waals surface area contributed by atoms with Crippen LogP contribution in [-0.2, 0) is 0 Å². The van der Waals surface area contributed by atoms with Crippen molar-refractivity contribution in [1.82, 2.24) is 10.2 Å². The molecule has 0 saturated carbocycles. The number of nitrogens with two attached hydrogens (primary N) is 1. The molecule has 1 unspecified atom stereocenters. The van der Waals surface area contributed by atoms with E-state index in [1.807, 2.05) is 55.5 Å². The molecule has 0 saturated heterocycles. The van der Waals surface area contributed by atoms with E-state index < -0.39 is 5.92 Å². The number of methoxy groups -OCH3 is 1. The van der Waals surface area contributed by atoms with Crippen LogP contribution in [0.5, 0.6) is 17.4 Å². The maximum atomic E-state index is 9.85. The Bertz CT molecular complexity index is 1110. The summed E-state index contributed by atoms with van der Waals surface area (Å²) in [5, 5.41) is 17.2. The van der Waals surface area contributed by atoms with Gasteiger partial charge in [-0.3, -0.25) is 5.10 Å². The topological polar surface area (TPSA) is 106 Å². The SMILES string of the molecule is CCOc1ccccc1C1C(C#N)=C(N)Oc2n[nH]c(-c3ccc(OC)cc3)c21. The fourth-order valence-corrected chi connectivity index (χ4v) is 3.54. The van der Waals surface area contributed by atoms with Crippen molar-refractivity contribution in [1.29, 1.82) is 5.26 Å². The Kier molecular flexibility index (Phi) is 4.83. The maximum Gasteiger partial charge on any atom is 0.244 e. The highest BCUT2D eigenvalue weighted by Gasteiger charge is 2.37. The van der Waals surface area contributed by atoms with E-state index in [9.17, 15) is 5.26 Å². The monoisotopic (exact) mass is 388 g/mol. The molecule has 7 heteroatoms. The average Bonchev–Trinajstić information content (AvgIpc) is 3.17. The molecule has 0 fully saturated rings. The summed E-state index contributed by atoms with van der Waals surface area (Å²) < 4.78 is 16.7. The van der Waals surface area contributed by atoms with Gasteiger partial charge in [0.15, 0.2) is 0 Å². The lowest BCUT2D eigenvalue weighted by Crippen LogP contribution is -2.21. The molecule has 3 aromatic rings. The molecule has 7 nitrogen and oxygen atoms in total. The minimum atomic E-state index is -0.470. The third-order valence-corrected chi connectivity index (χ3v) is 4.85. The molecule has 1 aromatic heterocycles. The average molecular weight is 388 g/mol. The van der Waals surface area contributed by atoms with Crippen LogP contribution in [0.4, 0.5) is 0 Å². The summed E-state index contributed by atoms with van der Waals surface area (Å²) in [6.07, 6.45) is 0. The third-order valence-electron chi connectivity index (χ3n) is 4.85. The molecule has 2 heterocycles. The van der Waals surface area contributed by atoms with Crippen LogP contribution in [0.2, 0.25) is 0 Å². The van der Waals surface area contributed by atoms with Crippen LogP contribution in [0.25, 0.3) is 11.3 Å². The number of nitrogens with one attached hydrogen (secondary N) is 1. The second kappa shape index (κ2) is 7.60. The van der Waals surface area contributed by atoms with E-state index in [0.29, 0.717) is 23.8 Å². The van der Waals surface area contributed by atoms with E-state index in [1.54, 1.807) is 7.11 Å². The molecule has 1 aliphatic rings. The van der Waals surface area contributed by atoms with Gasteiger partial charge in [0.25, 0.3) is 0 Å². The number of nitriles is 1. The standard InChI is InChI=1S/C22H20N4O3/c1-3-28-17-7-5-4-6-15(17)18-16(12-23)21(24)29-22-19(18)20(25-26-22)13-8-10-14(27-2)11-9-13/h4-11,18H,3,24H2,1-2H3,(H,25,26). The lowest BCUT2D eigenvalue weighted by molar-refractivity contribution is 0.334. The van der Waals surface area contributed by atoms with Crippen molar-refractivity contribution in [3.05, 3.63) is 71.1 Å². The van der Waals surface area contributed by atoms with E-state index in [0.717, 1.165) is 28.1 Å². The third kappa shape index (κ3) is 3.15. The van der Waals surface area contributed by atoms with Crippen LogP contribution in [0.15, 0.2) is 60.0 Å². The molecule has 0 amide bonds. The molecule has 146 valence electrons. The van der Waals surface area contributed by atoms with Crippen molar-refractivity contribution in [2.24, 2.45) is 5.73 Å². The summed E-state index contributed by atoms with van der Waals surface area (Å²) >= 11 is 0. The zero-order valence-electron chi connectivity index (χ0n) is 16.1. The molecular formula is C22H20N4O3. The predicted octanol–water partition coefficient (Wildman–Crippen LogP) is 3.70. The highest BCUT2D eigenvalue weighted by atomic mass is 16.5. The second-order valence-electron chi connectivity index (χ2n) is 6.44. The zero-order valence-corrected chi connectivity index (χ0v) is 16.1. The summed E-state index contributed by atoms with van der Waals surface area (Å²) in [5.41, 5.74) is 9.60. The Morgan fingerprint density at radius 1 is 1.21 bits per heavy atom. The van der Waals surface area contributed by atoms with E-state index in [4.69, 9.17) is 19.9 Å². The lowest BCUT2D eigenvalue weighted by atomic mass is 9.82. The van der Waals surface area contributed by atoms with Gasteiger partial charge in [0.2, 0.25) is 11.8 Å². The first-order valence-corrected chi connectivity index (χ1v) is 9.19. The Morgan fingerprint density at radius 2 is 1.97 bits per heavy atom. The highest BCUT2D eigenvalue weighted by molar-refractivity contribution is 5.72. The number of rotatable bonds is 5. The van der Waals surface area contributed by atoms with Gasteiger partial charge in [0.05, 0.1) is 30.9 Å². The number of ether oxygens (including phenoxy) is 3. The first-order valence-electron chi connectivity index (χ1n) is 9.19. The lowest BCUT2D eigenvalue weighted by Gasteiger charge is -2.25. The van der Waals surface area contributed by atoms with Crippen LogP contribution in [-0.4, -0.2) is 23.9 Å². The molecule has 0 bridgehead atoms. The van der Waals surface area contributed by atoms with E-state index in [-0.39, 0.29) is 5.88 Å². The molecule has 0 aliphatic carbocycles. The molecule has 0 radical (unpaired) electrons. The van der Waals surface area contributed by atoms with E-state index in [2.05, 4.69) is 16.3 Å². The largest absolute Gasteiger partial charge is 0.497 e. The van der Waals surface area contributed by atoms with Gasteiger partial charge in [-0.25, -0.2) is 0 Å². The fraction of sp³-hybridized carbons (Fsp3) is 0.182. The second-order valence-corrected chi connectivity index (χ2v) is 6.44. The Hall–Kier alpha value is -3.92. The minimum absolute atomic E-state index is 0.0454. The minimum Gasteiger partial charge on any atom is -0.497 e. The first-order chi connectivity index (χ1) is 14.2. The zero-order chi connectivity index (χ0) is 20.4. The number of fused-ring (bicyclic) bond motifs is 1. The number of aromatic amines is 1. The summed E-state index contributed by atoms with van der Waals surface area (Å²) in [4.78, 5) is 0. The van der Waals surface area contributed by atoms with Crippen molar-refractivity contribution in [3.8, 4) is 34.7 Å². The van der Waals surface area contributed by atoms with Gasteiger partial charge in [-0.05, 0) is 37.3 Å². The van der Waals surface area contributed by atoms with Crippen molar-refractivity contribution >= 4 is 0 Å². The first kappa shape index (κ1) is 18.4. The smallest absolute Gasteiger partial charge is 0.244 e. The van der Waals surface area contributed by atoms with Crippen LogP contribution in [0, 0.1) is 11.3 Å². The molecule has 1 atom stereocenters. The predicted molar refractivity (Wildman–Crippen MR) is 107 cm³/mol. The van der Waals surface area contributed by atoms with Crippen molar-refractivity contribution in [2.75, 3.05) is 13.7 Å². The fourth-order valence-electron chi connectivity index (χ4n) is 3.54. The van der Waals surface area contributed by atoms with Crippen LogP contribution in [0.3, 0.4) is 0 Å². The number of benzene rings is 2. The number of aromatic nitrogens is 2. The maximum absolute atomic E-state index is 9.85. The Labute approximate surface area is 168 Å². The summed E-state index contributed by atoms with van der Waals surface area (Å²) in [5.74, 6) is 1.36. The van der Waals surface area contributed by atoms with Crippen LogP contribution in [0.1, 0.15) is 24.0 Å². The highest BCUT2D eigenvalue weighted by Crippen LogP contribution is 2.47. The van der Waals surface area contributed by atoms with Crippen LogP contribution < -0.4 is 19.9 Å². The van der Waals surface area contributed by atoms with Crippen molar-refractivity contribution in [2.45, 2.75) is 12.8 Å². The van der Waals surface area contributed by atoms with Gasteiger partial charge in [0.1, 0.15) is 23.1 Å². The van der Waals surface area contributed by atoms with Gasteiger partial charge in [-0.15, -0.1) is 5.10 Å². The van der Waals surface area contributed by atoms with Crippen LogP contribution >= 0.6 is 0 Å². The summed E-state index contributed by atoms with van der Waals surface area (Å²) in [7, 11) is 1.62. The van der Waals surface area contributed by atoms with Crippen molar-refractivity contribution < 1.29 is 14.2 Å². The van der Waals surface area contributed by atoms with Gasteiger partial charge in [-0.1, -0.05) is 18.2 Å². The molecule has 1 aliphatic heterocycles. The molecule has 3 N–H and O–H groups in total. The Morgan fingerprint density at radius 3 is 2.66 bits per heavy atom. The molecule has 29 heavy (non-hydrogen) atoms. The number of hydrogen-bond acceptors (Lipinski definition) is 6. The number of nitrogens with zero attached hydrogens (tertiary/aromatic N) is 2. The molecule has 0 spiro atoms. The van der Waals surface area contributed by atoms with E-state index >= 15 is 0 Å². The molecule has 4 rings (SSSR count). The molecule has 2 aromatic carbocycles. The summed E-state index contributed by atoms with van der Waals surface area (Å²) in [6, 6.07) is 17.4. The number of H-pyrrole nitrogens is 1. The van der Waals surface area contributed by atoms with E-state index in [1.165, 1.54) is 0 Å². The number of allylic oxidation sites excluding steroid dienone is 1.